The number of halogens is 1. The number of anilines is 1. The van der Waals surface area contributed by atoms with E-state index in [0.717, 1.165) is 5.56 Å². The number of rotatable bonds is 5. The lowest BCUT2D eigenvalue weighted by Gasteiger charge is -2.07. The Morgan fingerprint density at radius 1 is 1.14 bits per heavy atom. The maximum Gasteiger partial charge on any atom is 0.338 e. The molecule has 0 spiro atoms. The molecule has 5 heteroatoms. The minimum Gasteiger partial charge on any atom is -0.457 e. The minimum absolute atomic E-state index is 0.0729. The van der Waals surface area contributed by atoms with E-state index in [1.807, 2.05) is 6.07 Å². The van der Waals surface area contributed by atoms with Crippen LogP contribution in [0.4, 0.5) is 5.69 Å². The molecular formula is C17H16ClNO3. The highest BCUT2D eigenvalue weighted by Crippen LogP contribution is 2.14. The predicted octanol–water partition coefficient (Wildman–Crippen LogP) is 4.05. The summed E-state index contributed by atoms with van der Waals surface area (Å²) < 4.78 is 5.23. The Hall–Kier alpha value is -2.33. The van der Waals surface area contributed by atoms with Gasteiger partial charge in [0, 0.05) is 17.1 Å². The lowest BCUT2D eigenvalue weighted by atomic mass is 10.2. The SMILES string of the molecule is CCC(=O)Nc1ccc(C(=O)OCc2cccc(Cl)c2)cc1. The molecule has 0 aliphatic carbocycles. The first kappa shape index (κ1) is 16.0. The lowest BCUT2D eigenvalue weighted by Crippen LogP contribution is -2.10. The van der Waals surface area contributed by atoms with Gasteiger partial charge in [0.05, 0.1) is 5.56 Å². The van der Waals surface area contributed by atoms with Gasteiger partial charge in [0.2, 0.25) is 5.91 Å². The van der Waals surface area contributed by atoms with E-state index in [1.54, 1.807) is 49.4 Å². The van der Waals surface area contributed by atoms with Crippen molar-refractivity contribution in [1.82, 2.24) is 0 Å². The Labute approximate surface area is 134 Å². The van der Waals surface area contributed by atoms with E-state index in [2.05, 4.69) is 5.32 Å². The fourth-order valence-corrected chi connectivity index (χ4v) is 2.01. The van der Waals surface area contributed by atoms with Crippen LogP contribution >= 0.6 is 11.6 Å². The van der Waals surface area contributed by atoms with Gasteiger partial charge in [-0.3, -0.25) is 4.79 Å². The maximum atomic E-state index is 12.0. The summed E-state index contributed by atoms with van der Waals surface area (Å²) in [6.07, 6.45) is 0.406. The van der Waals surface area contributed by atoms with Crippen molar-refractivity contribution in [3.05, 3.63) is 64.7 Å². The van der Waals surface area contributed by atoms with Gasteiger partial charge >= 0.3 is 5.97 Å². The van der Waals surface area contributed by atoms with Crippen LogP contribution in [0.2, 0.25) is 5.02 Å². The van der Waals surface area contributed by atoms with Gasteiger partial charge < -0.3 is 10.1 Å². The molecule has 0 aromatic heterocycles. The van der Waals surface area contributed by atoms with Crippen molar-refractivity contribution in [1.29, 1.82) is 0 Å². The van der Waals surface area contributed by atoms with Crippen LogP contribution in [-0.4, -0.2) is 11.9 Å². The highest BCUT2D eigenvalue weighted by molar-refractivity contribution is 6.30. The highest BCUT2D eigenvalue weighted by Gasteiger charge is 2.08. The molecule has 0 saturated heterocycles. The Kier molecular flexibility index (Phi) is 5.55. The van der Waals surface area contributed by atoms with Crippen LogP contribution in [0.1, 0.15) is 29.3 Å². The van der Waals surface area contributed by atoms with Crippen LogP contribution in [-0.2, 0) is 16.1 Å². The largest absolute Gasteiger partial charge is 0.457 e. The fraction of sp³-hybridized carbons (Fsp3) is 0.176. The Morgan fingerprint density at radius 3 is 2.50 bits per heavy atom. The molecule has 114 valence electrons. The smallest absolute Gasteiger partial charge is 0.338 e. The van der Waals surface area contributed by atoms with Crippen molar-refractivity contribution >= 4 is 29.2 Å². The predicted molar refractivity (Wildman–Crippen MR) is 85.9 cm³/mol. The number of carbonyl (C=O) groups excluding carboxylic acids is 2. The molecule has 0 bridgehead atoms. The van der Waals surface area contributed by atoms with E-state index < -0.39 is 5.97 Å². The van der Waals surface area contributed by atoms with Gasteiger partial charge in [-0.1, -0.05) is 30.7 Å². The summed E-state index contributed by atoms with van der Waals surface area (Å²) in [7, 11) is 0. The molecule has 0 fully saturated rings. The summed E-state index contributed by atoms with van der Waals surface area (Å²) in [6, 6.07) is 13.7. The zero-order valence-electron chi connectivity index (χ0n) is 12.1. The molecule has 2 aromatic rings. The molecule has 4 nitrogen and oxygen atoms in total. The molecule has 22 heavy (non-hydrogen) atoms. The number of carbonyl (C=O) groups is 2. The molecule has 0 unspecified atom stereocenters. The first-order chi connectivity index (χ1) is 10.6. The summed E-state index contributed by atoms with van der Waals surface area (Å²) in [6.45, 7) is 1.94. The van der Waals surface area contributed by atoms with Gasteiger partial charge in [0.25, 0.3) is 0 Å². The fourth-order valence-electron chi connectivity index (χ4n) is 1.80. The monoisotopic (exact) mass is 317 g/mol. The molecule has 0 heterocycles. The van der Waals surface area contributed by atoms with Crippen molar-refractivity contribution in [3.63, 3.8) is 0 Å². The molecule has 0 saturated carbocycles. The zero-order valence-corrected chi connectivity index (χ0v) is 12.9. The van der Waals surface area contributed by atoms with Gasteiger partial charge in [0.15, 0.2) is 0 Å². The average Bonchev–Trinajstić information content (AvgIpc) is 2.53. The standard InChI is InChI=1S/C17H16ClNO3/c1-2-16(20)19-15-8-6-13(7-9-15)17(21)22-11-12-4-3-5-14(18)10-12/h3-10H,2,11H2,1H3,(H,19,20). The molecule has 0 aliphatic heterocycles. The van der Waals surface area contributed by atoms with Gasteiger partial charge in [-0.2, -0.15) is 0 Å². The topological polar surface area (TPSA) is 55.4 Å². The molecular weight excluding hydrogens is 302 g/mol. The minimum atomic E-state index is -0.423. The molecule has 0 radical (unpaired) electrons. The van der Waals surface area contributed by atoms with Crippen LogP contribution in [0.15, 0.2) is 48.5 Å². The summed E-state index contributed by atoms with van der Waals surface area (Å²) in [4.78, 5) is 23.2. The van der Waals surface area contributed by atoms with Crippen molar-refractivity contribution in [2.24, 2.45) is 0 Å². The Balaban J connectivity index is 1.93. The van der Waals surface area contributed by atoms with Crippen molar-refractivity contribution < 1.29 is 14.3 Å². The number of benzene rings is 2. The van der Waals surface area contributed by atoms with E-state index in [1.165, 1.54) is 0 Å². The van der Waals surface area contributed by atoms with E-state index >= 15 is 0 Å². The highest BCUT2D eigenvalue weighted by atomic mass is 35.5. The third kappa shape index (κ3) is 4.60. The molecule has 2 aromatic carbocycles. The van der Waals surface area contributed by atoms with Crippen LogP contribution < -0.4 is 5.32 Å². The van der Waals surface area contributed by atoms with E-state index in [9.17, 15) is 9.59 Å². The molecule has 2 rings (SSSR count). The van der Waals surface area contributed by atoms with E-state index in [0.29, 0.717) is 22.7 Å². The molecule has 1 N–H and O–H groups in total. The van der Waals surface area contributed by atoms with E-state index in [4.69, 9.17) is 16.3 Å². The van der Waals surface area contributed by atoms with Crippen LogP contribution in [0.5, 0.6) is 0 Å². The van der Waals surface area contributed by atoms with Gasteiger partial charge in [-0.05, 0) is 42.0 Å². The third-order valence-electron chi connectivity index (χ3n) is 2.98. The second-order valence-electron chi connectivity index (χ2n) is 4.69. The first-order valence-electron chi connectivity index (χ1n) is 6.90. The third-order valence-corrected chi connectivity index (χ3v) is 3.22. The number of ether oxygens (including phenoxy) is 1. The molecule has 0 atom stereocenters. The van der Waals surface area contributed by atoms with Crippen LogP contribution in [0.3, 0.4) is 0 Å². The number of hydrogen-bond acceptors (Lipinski definition) is 3. The molecule has 1 amide bonds. The van der Waals surface area contributed by atoms with Crippen molar-refractivity contribution in [2.45, 2.75) is 20.0 Å². The molecule has 0 aliphatic rings. The summed E-state index contributed by atoms with van der Waals surface area (Å²) in [5, 5.41) is 3.32. The quantitative estimate of drug-likeness (QED) is 0.846. The van der Waals surface area contributed by atoms with Gasteiger partial charge in [-0.25, -0.2) is 4.79 Å². The maximum absolute atomic E-state index is 12.0. The Morgan fingerprint density at radius 2 is 1.86 bits per heavy atom. The first-order valence-corrected chi connectivity index (χ1v) is 7.27. The average molecular weight is 318 g/mol. The van der Waals surface area contributed by atoms with Crippen LogP contribution in [0, 0.1) is 0 Å². The number of nitrogens with one attached hydrogen (secondary N) is 1. The Bertz CT molecular complexity index is 668. The van der Waals surface area contributed by atoms with Gasteiger partial charge in [-0.15, -0.1) is 0 Å². The number of amides is 1. The zero-order chi connectivity index (χ0) is 15.9. The lowest BCUT2D eigenvalue weighted by molar-refractivity contribution is -0.115. The summed E-state index contributed by atoms with van der Waals surface area (Å²) in [5.41, 5.74) is 1.91. The van der Waals surface area contributed by atoms with E-state index in [-0.39, 0.29) is 12.5 Å². The van der Waals surface area contributed by atoms with Crippen molar-refractivity contribution in [2.75, 3.05) is 5.32 Å². The van der Waals surface area contributed by atoms with Gasteiger partial charge in [0.1, 0.15) is 6.61 Å². The second kappa shape index (κ2) is 7.61. The number of esters is 1. The summed E-state index contributed by atoms with van der Waals surface area (Å²) >= 11 is 5.87. The normalized spacial score (nSPS) is 10.1. The van der Waals surface area contributed by atoms with Crippen molar-refractivity contribution in [3.8, 4) is 0 Å². The second-order valence-corrected chi connectivity index (χ2v) is 5.12. The summed E-state index contributed by atoms with van der Waals surface area (Å²) in [5.74, 6) is -0.496. The number of hydrogen-bond donors (Lipinski definition) is 1. The van der Waals surface area contributed by atoms with Crippen LogP contribution in [0.25, 0.3) is 0 Å².